The molecular weight excluding hydrogens is 364 g/mol. The molecule has 1 fully saturated rings. The highest BCUT2D eigenvalue weighted by atomic mass is 16.1. The summed E-state index contributed by atoms with van der Waals surface area (Å²) in [7, 11) is 6.22. The van der Waals surface area contributed by atoms with Gasteiger partial charge in [-0.3, -0.25) is 9.78 Å². The summed E-state index contributed by atoms with van der Waals surface area (Å²) < 4.78 is 0. The van der Waals surface area contributed by atoms with Gasteiger partial charge in [0.1, 0.15) is 0 Å². The van der Waals surface area contributed by atoms with E-state index >= 15 is 0 Å². The van der Waals surface area contributed by atoms with E-state index in [1.807, 2.05) is 20.2 Å². The SMILES string of the molecule is CN(C)CCCNC(=O)c1cncc(Nc2ccc(N3CCN(C)CC3)cc2)c1. The number of aromatic nitrogens is 1. The van der Waals surface area contributed by atoms with Crippen LogP contribution in [0.15, 0.2) is 42.7 Å². The van der Waals surface area contributed by atoms with Crippen molar-refractivity contribution in [2.45, 2.75) is 6.42 Å². The number of hydrogen-bond donors (Lipinski definition) is 2. The Morgan fingerprint density at radius 3 is 2.48 bits per heavy atom. The number of rotatable bonds is 8. The first-order valence-electron chi connectivity index (χ1n) is 10.2. The van der Waals surface area contributed by atoms with Crippen LogP contribution in [0.3, 0.4) is 0 Å². The van der Waals surface area contributed by atoms with Crippen molar-refractivity contribution < 1.29 is 4.79 Å². The zero-order valence-corrected chi connectivity index (χ0v) is 17.7. The highest BCUT2D eigenvalue weighted by Gasteiger charge is 2.14. The molecule has 3 rings (SSSR count). The molecule has 0 aliphatic carbocycles. The predicted octanol–water partition coefficient (Wildman–Crippen LogP) is 2.26. The molecule has 0 spiro atoms. The normalized spacial score (nSPS) is 14.8. The van der Waals surface area contributed by atoms with Gasteiger partial charge in [-0.2, -0.15) is 0 Å². The number of hydrogen-bond acceptors (Lipinski definition) is 6. The Hall–Kier alpha value is -2.64. The second-order valence-corrected chi connectivity index (χ2v) is 7.84. The maximum atomic E-state index is 12.3. The van der Waals surface area contributed by atoms with Crippen molar-refractivity contribution in [2.75, 3.05) is 70.6 Å². The number of carbonyl (C=O) groups is 1. The first-order chi connectivity index (χ1) is 14.0. The maximum absolute atomic E-state index is 12.3. The maximum Gasteiger partial charge on any atom is 0.252 e. The van der Waals surface area contributed by atoms with Gasteiger partial charge in [-0.25, -0.2) is 0 Å². The number of carbonyl (C=O) groups excluding carboxylic acids is 1. The zero-order valence-electron chi connectivity index (χ0n) is 17.7. The third-order valence-corrected chi connectivity index (χ3v) is 5.09. The van der Waals surface area contributed by atoms with Crippen LogP contribution in [0.25, 0.3) is 0 Å². The highest BCUT2D eigenvalue weighted by Crippen LogP contribution is 2.22. The number of pyridine rings is 1. The summed E-state index contributed by atoms with van der Waals surface area (Å²) in [4.78, 5) is 23.4. The Balaban J connectivity index is 1.55. The summed E-state index contributed by atoms with van der Waals surface area (Å²) >= 11 is 0. The van der Waals surface area contributed by atoms with E-state index in [0.29, 0.717) is 12.1 Å². The summed E-state index contributed by atoms with van der Waals surface area (Å²) in [5.41, 5.74) is 3.59. The van der Waals surface area contributed by atoms with Gasteiger partial charge in [0.05, 0.1) is 17.4 Å². The molecule has 1 amide bonds. The molecule has 29 heavy (non-hydrogen) atoms. The largest absolute Gasteiger partial charge is 0.369 e. The van der Waals surface area contributed by atoms with Crippen LogP contribution in [0.5, 0.6) is 0 Å². The second-order valence-electron chi connectivity index (χ2n) is 7.84. The molecule has 1 aromatic heterocycles. The fourth-order valence-corrected chi connectivity index (χ4v) is 3.32. The van der Waals surface area contributed by atoms with Crippen LogP contribution < -0.4 is 15.5 Å². The van der Waals surface area contributed by atoms with E-state index in [0.717, 1.165) is 50.5 Å². The summed E-state index contributed by atoms with van der Waals surface area (Å²) in [6.07, 6.45) is 4.25. The van der Waals surface area contributed by atoms with E-state index in [2.05, 4.69) is 61.6 Å². The Kier molecular flexibility index (Phi) is 7.43. The van der Waals surface area contributed by atoms with E-state index < -0.39 is 0 Å². The fourth-order valence-electron chi connectivity index (χ4n) is 3.32. The van der Waals surface area contributed by atoms with Crippen LogP contribution in [-0.4, -0.2) is 81.1 Å². The lowest BCUT2D eigenvalue weighted by Crippen LogP contribution is -2.44. The Morgan fingerprint density at radius 1 is 1.07 bits per heavy atom. The number of amides is 1. The van der Waals surface area contributed by atoms with Gasteiger partial charge in [0.25, 0.3) is 5.91 Å². The van der Waals surface area contributed by atoms with E-state index in [-0.39, 0.29) is 5.91 Å². The molecule has 2 N–H and O–H groups in total. The van der Waals surface area contributed by atoms with Gasteiger partial charge in [0.2, 0.25) is 0 Å². The Bertz CT molecular complexity index is 784. The average Bonchev–Trinajstić information content (AvgIpc) is 2.72. The van der Waals surface area contributed by atoms with Crippen molar-refractivity contribution in [3.05, 3.63) is 48.3 Å². The van der Waals surface area contributed by atoms with Crippen LogP contribution in [0.4, 0.5) is 17.1 Å². The third-order valence-electron chi connectivity index (χ3n) is 5.09. The van der Waals surface area contributed by atoms with Gasteiger partial charge >= 0.3 is 0 Å². The highest BCUT2D eigenvalue weighted by molar-refractivity contribution is 5.94. The van der Waals surface area contributed by atoms with Crippen molar-refractivity contribution in [1.82, 2.24) is 20.1 Å². The van der Waals surface area contributed by atoms with Crippen LogP contribution in [-0.2, 0) is 0 Å². The molecule has 0 atom stereocenters. The number of piperazine rings is 1. The molecule has 1 saturated heterocycles. The van der Waals surface area contributed by atoms with Crippen LogP contribution in [0.2, 0.25) is 0 Å². The molecule has 0 saturated carbocycles. The minimum Gasteiger partial charge on any atom is -0.369 e. The molecule has 1 aliphatic heterocycles. The van der Waals surface area contributed by atoms with Gasteiger partial charge in [0.15, 0.2) is 0 Å². The standard InChI is InChI=1S/C22H32N6O/c1-26(2)10-4-9-24-22(29)18-15-20(17-23-16-18)25-19-5-7-21(8-6-19)28-13-11-27(3)12-14-28/h5-8,15-17,25H,4,9-14H2,1-3H3,(H,24,29). The monoisotopic (exact) mass is 396 g/mol. The van der Waals surface area contributed by atoms with Crippen LogP contribution in [0.1, 0.15) is 16.8 Å². The number of benzene rings is 1. The molecule has 7 nitrogen and oxygen atoms in total. The molecular formula is C22H32N6O. The summed E-state index contributed by atoms with van der Waals surface area (Å²) in [5.74, 6) is -0.0923. The van der Waals surface area contributed by atoms with Crippen molar-refractivity contribution in [3.63, 3.8) is 0 Å². The fraction of sp³-hybridized carbons (Fsp3) is 0.455. The summed E-state index contributed by atoms with van der Waals surface area (Å²) in [6.45, 7) is 5.90. The van der Waals surface area contributed by atoms with Crippen LogP contribution >= 0.6 is 0 Å². The molecule has 7 heteroatoms. The lowest BCUT2D eigenvalue weighted by Gasteiger charge is -2.34. The average molecular weight is 397 g/mol. The van der Waals surface area contributed by atoms with Gasteiger partial charge in [0, 0.05) is 50.3 Å². The Morgan fingerprint density at radius 2 is 1.79 bits per heavy atom. The van der Waals surface area contributed by atoms with E-state index in [4.69, 9.17) is 0 Å². The molecule has 0 bridgehead atoms. The molecule has 0 radical (unpaired) electrons. The first-order valence-corrected chi connectivity index (χ1v) is 10.2. The summed E-state index contributed by atoms with van der Waals surface area (Å²) in [5, 5.41) is 6.29. The van der Waals surface area contributed by atoms with Crippen molar-refractivity contribution >= 4 is 23.0 Å². The van der Waals surface area contributed by atoms with E-state index in [1.165, 1.54) is 5.69 Å². The van der Waals surface area contributed by atoms with Crippen molar-refractivity contribution in [3.8, 4) is 0 Å². The second kappa shape index (κ2) is 10.2. The molecule has 0 unspecified atom stereocenters. The minimum atomic E-state index is -0.0923. The van der Waals surface area contributed by atoms with Gasteiger partial charge in [-0.15, -0.1) is 0 Å². The number of nitrogens with zero attached hydrogens (tertiary/aromatic N) is 4. The number of anilines is 3. The van der Waals surface area contributed by atoms with Gasteiger partial charge in [-0.05, 0) is 64.4 Å². The first kappa shape index (κ1) is 21.1. The molecule has 2 aromatic rings. The third kappa shape index (κ3) is 6.44. The molecule has 1 aromatic carbocycles. The van der Waals surface area contributed by atoms with Crippen LogP contribution in [0, 0.1) is 0 Å². The molecule has 2 heterocycles. The van der Waals surface area contributed by atoms with E-state index in [9.17, 15) is 4.79 Å². The molecule has 1 aliphatic rings. The quantitative estimate of drug-likeness (QED) is 0.668. The number of nitrogens with one attached hydrogen (secondary N) is 2. The molecule has 156 valence electrons. The minimum absolute atomic E-state index is 0.0923. The predicted molar refractivity (Wildman–Crippen MR) is 119 cm³/mol. The number of likely N-dealkylation sites (N-methyl/N-ethyl adjacent to an activating group) is 1. The lowest BCUT2D eigenvalue weighted by atomic mass is 10.2. The summed E-state index contributed by atoms with van der Waals surface area (Å²) in [6, 6.07) is 10.3. The lowest BCUT2D eigenvalue weighted by molar-refractivity contribution is 0.0952. The zero-order chi connectivity index (χ0) is 20.6. The van der Waals surface area contributed by atoms with E-state index in [1.54, 1.807) is 12.4 Å². The smallest absolute Gasteiger partial charge is 0.252 e. The van der Waals surface area contributed by atoms with Gasteiger partial charge in [-0.1, -0.05) is 0 Å². The van der Waals surface area contributed by atoms with Gasteiger partial charge < -0.3 is 25.3 Å². The Labute approximate surface area is 173 Å². The van der Waals surface area contributed by atoms with Crippen molar-refractivity contribution in [1.29, 1.82) is 0 Å². The van der Waals surface area contributed by atoms with Crippen molar-refractivity contribution in [2.24, 2.45) is 0 Å². The topological polar surface area (TPSA) is 63.7 Å².